The average molecular weight is 280 g/mol. The SMILES string of the molecule is O=C(O)C(O)C(O)C(=O)O.c1ccc2nccnc2c1. The second-order valence-electron chi connectivity index (χ2n) is 3.61. The van der Waals surface area contributed by atoms with E-state index in [-0.39, 0.29) is 0 Å². The van der Waals surface area contributed by atoms with Gasteiger partial charge in [0, 0.05) is 12.4 Å². The Kier molecular flexibility index (Phi) is 5.51. The molecular formula is C12H12N2O6. The molecule has 0 fully saturated rings. The number of fused-ring (bicyclic) bond motifs is 1. The third-order valence-corrected chi connectivity index (χ3v) is 2.18. The van der Waals surface area contributed by atoms with Crippen molar-refractivity contribution in [1.82, 2.24) is 9.97 Å². The fraction of sp³-hybridized carbons (Fsp3) is 0.167. The van der Waals surface area contributed by atoms with Crippen LogP contribution in [0.15, 0.2) is 36.7 Å². The summed E-state index contributed by atoms with van der Waals surface area (Å²) in [5.74, 6) is -3.54. The van der Waals surface area contributed by atoms with Crippen LogP contribution in [-0.4, -0.2) is 54.5 Å². The minimum absolute atomic E-state index is 0.949. The topological polar surface area (TPSA) is 141 Å². The summed E-state index contributed by atoms with van der Waals surface area (Å²) in [6.45, 7) is 0. The first kappa shape index (κ1) is 15.5. The Morgan fingerprint density at radius 3 is 1.50 bits per heavy atom. The number of aliphatic hydroxyl groups excluding tert-OH is 2. The van der Waals surface area contributed by atoms with E-state index in [2.05, 4.69) is 9.97 Å². The normalized spacial score (nSPS) is 12.9. The van der Waals surface area contributed by atoms with Gasteiger partial charge in [0.1, 0.15) is 0 Å². The second-order valence-corrected chi connectivity index (χ2v) is 3.61. The van der Waals surface area contributed by atoms with E-state index in [9.17, 15) is 9.59 Å². The summed E-state index contributed by atoms with van der Waals surface area (Å²) >= 11 is 0. The van der Waals surface area contributed by atoms with E-state index in [1.807, 2.05) is 24.3 Å². The van der Waals surface area contributed by atoms with Crippen molar-refractivity contribution < 1.29 is 30.0 Å². The van der Waals surface area contributed by atoms with E-state index >= 15 is 0 Å². The highest BCUT2D eigenvalue weighted by Gasteiger charge is 2.29. The summed E-state index contributed by atoms with van der Waals surface area (Å²) in [6.07, 6.45) is -1.14. The molecule has 106 valence electrons. The van der Waals surface area contributed by atoms with Crippen molar-refractivity contribution in [3.8, 4) is 0 Å². The highest BCUT2D eigenvalue weighted by molar-refractivity contribution is 5.83. The van der Waals surface area contributed by atoms with E-state index < -0.39 is 24.1 Å². The van der Waals surface area contributed by atoms with Gasteiger partial charge in [-0.05, 0) is 12.1 Å². The number of nitrogens with zero attached hydrogens (tertiary/aromatic N) is 2. The smallest absolute Gasteiger partial charge is 0.335 e. The molecule has 0 bridgehead atoms. The molecule has 0 aliphatic carbocycles. The fourth-order valence-corrected chi connectivity index (χ4v) is 1.18. The third-order valence-electron chi connectivity index (χ3n) is 2.18. The molecule has 2 unspecified atom stereocenters. The molecule has 0 amide bonds. The lowest BCUT2D eigenvalue weighted by molar-refractivity contribution is -0.165. The number of aromatic nitrogens is 2. The molecule has 0 radical (unpaired) electrons. The minimum atomic E-state index is -2.27. The highest BCUT2D eigenvalue weighted by atomic mass is 16.4. The lowest BCUT2D eigenvalue weighted by Crippen LogP contribution is -2.39. The molecule has 20 heavy (non-hydrogen) atoms. The average Bonchev–Trinajstić information content (AvgIpc) is 2.46. The summed E-state index contributed by atoms with van der Waals surface area (Å²) in [7, 11) is 0. The largest absolute Gasteiger partial charge is 0.479 e. The van der Waals surface area contributed by atoms with Gasteiger partial charge in [-0.15, -0.1) is 0 Å². The molecule has 0 aliphatic heterocycles. The van der Waals surface area contributed by atoms with Gasteiger partial charge < -0.3 is 20.4 Å². The lowest BCUT2D eigenvalue weighted by atomic mass is 10.2. The Labute approximate surface area is 113 Å². The van der Waals surface area contributed by atoms with Crippen LogP contribution < -0.4 is 0 Å². The molecule has 0 spiro atoms. The quantitative estimate of drug-likeness (QED) is 0.590. The van der Waals surface area contributed by atoms with Gasteiger partial charge >= 0.3 is 11.9 Å². The zero-order valence-corrected chi connectivity index (χ0v) is 10.1. The molecule has 0 saturated carbocycles. The number of carbonyl (C=O) groups is 2. The first-order chi connectivity index (χ1) is 9.43. The van der Waals surface area contributed by atoms with Crippen molar-refractivity contribution in [3.63, 3.8) is 0 Å². The van der Waals surface area contributed by atoms with Gasteiger partial charge in [-0.25, -0.2) is 9.59 Å². The molecule has 2 rings (SSSR count). The molecular weight excluding hydrogens is 268 g/mol. The lowest BCUT2D eigenvalue weighted by Gasteiger charge is -2.07. The van der Waals surface area contributed by atoms with E-state index in [0.717, 1.165) is 11.0 Å². The molecule has 2 atom stereocenters. The molecule has 2 aromatic rings. The molecule has 0 aliphatic rings. The number of benzene rings is 1. The molecule has 0 saturated heterocycles. The zero-order valence-electron chi connectivity index (χ0n) is 10.1. The predicted molar refractivity (Wildman–Crippen MR) is 66.8 cm³/mol. The maximum Gasteiger partial charge on any atom is 0.335 e. The van der Waals surface area contributed by atoms with Crippen LogP contribution in [0.3, 0.4) is 0 Å². The minimum Gasteiger partial charge on any atom is -0.479 e. The standard InChI is InChI=1S/C8H6N2.C4H6O6/c1-2-4-8-7(3-1)9-5-6-10-8;5-1(3(7)8)2(6)4(9)10/h1-6H;1-2,5-6H,(H,7,8)(H,9,10). The van der Waals surface area contributed by atoms with Crippen LogP contribution in [0.5, 0.6) is 0 Å². The van der Waals surface area contributed by atoms with Crippen LogP contribution in [0.2, 0.25) is 0 Å². The van der Waals surface area contributed by atoms with Crippen LogP contribution in [0.4, 0.5) is 0 Å². The Balaban J connectivity index is 0.000000200. The number of para-hydroxylation sites is 2. The number of carboxylic acids is 2. The van der Waals surface area contributed by atoms with Crippen LogP contribution in [0.1, 0.15) is 0 Å². The maximum atomic E-state index is 9.77. The summed E-state index contributed by atoms with van der Waals surface area (Å²) in [5.41, 5.74) is 1.90. The maximum absolute atomic E-state index is 9.77. The van der Waals surface area contributed by atoms with Crippen molar-refractivity contribution in [2.24, 2.45) is 0 Å². The Morgan fingerprint density at radius 2 is 1.20 bits per heavy atom. The molecule has 1 aromatic heterocycles. The van der Waals surface area contributed by atoms with E-state index in [4.69, 9.17) is 20.4 Å². The summed E-state index contributed by atoms with van der Waals surface area (Å²) in [4.78, 5) is 27.8. The Bertz CT molecular complexity index is 520. The van der Waals surface area contributed by atoms with E-state index in [1.165, 1.54) is 0 Å². The van der Waals surface area contributed by atoms with Crippen molar-refractivity contribution in [2.75, 3.05) is 0 Å². The number of carboxylic acid groups (broad SMARTS) is 2. The van der Waals surface area contributed by atoms with Gasteiger partial charge in [0.15, 0.2) is 12.2 Å². The van der Waals surface area contributed by atoms with Gasteiger partial charge in [0.2, 0.25) is 0 Å². The van der Waals surface area contributed by atoms with E-state index in [0.29, 0.717) is 0 Å². The van der Waals surface area contributed by atoms with Crippen molar-refractivity contribution in [2.45, 2.75) is 12.2 Å². The van der Waals surface area contributed by atoms with E-state index in [1.54, 1.807) is 12.4 Å². The van der Waals surface area contributed by atoms with Crippen LogP contribution in [0.25, 0.3) is 11.0 Å². The zero-order chi connectivity index (χ0) is 15.1. The van der Waals surface area contributed by atoms with Crippen molar-refractivity contribution in [3.05, 3.63) is 36.7 Å². The number of aliphatic hydroxyl groups is 2. The Hall–Kier alpha value is -2.58. The van der Waals surface area contributed by atoms with Crippen LogP contribution in [-0.2, 0) is 9.59 Å². The number of hydrogen-bond acceptors (Lipinski definition) is 6. The molecule has 1 heterocycles. The van der Waals surface area contributed by atoms with Crippen LogP contribution >= 0.6 is 0 Å². The van der Waals surface area contributed by atoms with Gasteiger partial charge in [-0.2, -0.15) is 0 Å². The van der Waals surface area contributed by atoms with Gasteiger partial charge in [0.25, 0.3) is 0 Å². The van der Waals surface area contributed by atoms with Crippen molar-refractivity contribution >= 4 is 23.0 Å². The Morgan fingerprint density at radius 1 is 0.850 bits per heavy atom. The summed E-state index contributed by atoms with van der Waals surface area (Å²) < 4.78 is 0. The number of hydrogen-bond donors (Lipinski definition) is 4. The van der Waals surface area contributed by atoms with Crippen LogP contribution in [0, 0.1) is 0 Å². The monoisotopic (exact) mass is 280 g/mol. The molecule has 1 aromatic carbocycles. The number of rotatable bonds is 3. The van der Waals surface area contributed by atoms with Gasteiger partial charge in [-0.3, -0.25) is 9.97 Å². The first-order valence-corrected chi connectivity index (χ1v) is 5.41. The predicted octanol–water partition coefficient (Wildman–Crippen LogP) is -0.493. The number of aliphatic carboxylic acids is 2. The fourth-order valence-electron chi connectivity index (χ4n) is 1.18. The second kappa shape index (κ2) is 7.12. The highest BCUT2D eigenvalue weighted by Crippen LogP contribution is 2.04. The molecule has 4 N–H and O–H groups in total. The van der Waals surface area contributed by atoms with Gasteiger partial charge in [0.05, 0.1) is 11.0 Å². The van der Waals surface area contributed by atoms with Gasteiger partial charge in [-0.1, -0.05) is 12.1 Å². The summed E-state index contributed by atoms with van der Waals surface area (Å²) in [6, 6.07) is 7.80. The molecule has 8 nitrogen and oxygen atoms in total. The first-order valence-electron chi connectivity index (χ1n) is 5.41. The van der Waals surface area contributed by atoms with Crippen molar-refractivity contribution in [1.29, 1.82) is 0 Å². The third kappa shape index (κ3) is 4.26. The summed E-state index contributed by atoms with van der Waals surface area (Å²) in [5, 5.41) is 32.5. The molecule has 8 heteroatoms.